The maximum atomic E-state index is 12.3. The number of carbonyl (C=O) groups is 3. The molecule has 3 aromatic rings. The van der Waals surface area contributed by atoms with Crippen LogP contribution in [0.4, 0.5) is 5.69 Å². The molecule has 8 nitrogen and oxygen atoms in total. The van der Waals surface area contributed by atoms with Crippen molar-refractivity contribution in [2.75, 3.05) is 11.9 Å². The van der Waals surface area contributed by atoms with E-state index in [1.54, 1.807) is 60.9 Å². The highest BCUT2D eigenvalue weighted by atomic mass is 16.3. The highest BCUT2D eigenvalue weighted by Gasteiger charge is 2.25. The van der Waals surface area contributed by atoms with Gasteiger partial charge < -0.3 is 20.8 Å². The number of ketones is 1. The van der Waals surface area contributed by atoms with Crippen molar-refractivity contribution >= 4 is 23.3 Å². The molecule has 2 atom stereocenters. The lowest BCUT2D eigenvalue weighted by Crippen LogP contribution is -2.48. The van der Waals surface area contributed by atoms with E-state index in [0.717, 1.165) is 11.1 Å². The molecule has 2 amide bonds. The fraction of sp³-hybridized carbons (Fsp3) is 0.200. The minimum Gasteiger partial charge on any atom is -0.391 e. The van der Waals surface area contributed by atoms with Crippen molar-refractivity contribution in [3.8, 4) is 23.7 Å². The zero-order chi connectivity index (χ0) is 27.3. The predicted octanol–water partition coefficient (Wildman–Crippen LogP) is 2.10. The second-order valence-corrected chi connectivity index (χ2v) is 8.37. The van der Waals surface area contributed by atoms with Crippen LogP contribution < -0.4 is 10.6 Å². The first-order valence-electron chi connectivity index (χ1n) is 11.9. The monoisotopic (exact) mass is 509 g/mol. The fourth-order valence-electron chi connectivity index (χ4n) is 3.37. The summed E-state index contributed by atoms with van der Waals surface area (Å²) in [6, 6.07) is 16.1. The number of aliphatic hydroxyl groups excluding tert-OH is 2. The molecule has 1 aromatic heterocycles. The molecule has 0 bridgehead atoms. The molecule has 0 fully saturated rings. The lowest BCUT2D eigenvalue weighted by atomic mass is 10.1. The minimum absolute atomic E-state index is 0.0727. The second-order valence-electron chi connectivity index (χ2n) is 8.37. The van der Waals surface area contributed by atoms with Gasteiger partial charge in [0.25, 0.3) is 5.91 Å². The van der Waals surface area contributed by atoms with E-state index in [1.807, 2.05) is 12.1 Å². The number of aromatic nitrogens is 1. The molecule has 0 radical (unpaired) electrons. The number of nitrogens with zero attached hydrogens (tertiary/aromatic N) is 1. The number of aryl methyl sites for hydroxylation is 1. The van der Waals surface area contributed by atoms with E-state index in [4.69, 9.17) is 5.11 Å². The Kier molecular flexibility index (Phi) is 10.3. The molecule has 0 unspecified atom stereocenters. The lowest BCUT2D eigenvalue weighted by Gasteiger charge is -2.19. The summed E-state index contributed by atoms with van der Waals surface area (Å²) in [5, 5.41) is 23.9. The van der Waals surface area contributed by atoms with Crippen molar-refractivity contribution in [3.05, 3.63) is 95.3 Å². The molecule has 0 saturated carbocycles. The number of aliphatic hydroxyl groups is 2. The first-order valence-corrected chi connectivity index (χ1v) is 11.9. The molecule has 192 valence electrons. The van der Waals surface area contributed by atoms with Crippen LogP contribution in [0.5, 0.6) is 0 Å². The maximum Gasteiger partial charge on any atom is 0.251 e. The minimum atomic E-state index is -1.19. The molecule has 2 aromatic carbocycles. The molecular weight excluding hydrogens is 482 g/mol. The molecule has 1 heterocycles. The molecule has 38 heavy (non-hydrogen) atoms. The van der Waals surface area contributed by atoms with Crippen LogP contribution in [0.2, 0.25) is 0 Å². The van der Waals surface area contributed by atoms with Crippen LogP contribution in [-0.2, 0) is 16.0 Å². The maximum absolute atomic E-state index is 12.3. The quantitative estimate of drug-likeness (QED) is 0.327. The number of anilines is 1. The molecule has 0 aliphatic heterocycles. The van der Waals surface area contributed by atoms with Crippen molar-refractivity contribution in [2.45, 2.75) is 31.9 Å². The highest BCUT2D eigenvalue weighted by molar-refractivity contribution is 5.98. The van der Waals surface area contributed by atoms with E-state index in [9.17, 15) is 19.5 Å². The van der Waals surface area contributed by atoms with Crippen LogP contribution in [0.15, 0.2) is 73.1 Å². The molecule has 3 rings (SSSR count). The highest BCUT2D eigenvalue weighted by Crippen LogP contribution is 2.10. The second kappa shape index (κ2) is 14.1. The number of hydrogen-bond acceptors (Lipinski definition) is 6. The number of benzene rings is 2. The third kappa shape index (κ3) is 8.72. The zero-order valence-electron chi connectivity index (χ0n) is 20.8. The van der Waals surface area contributed by atoms with Crippen LogP contribution in [0.25, 0.3) is 0 Å². The molecule has 4 N–H and O–H groups in total. The number of pyridine rings is 1. The van der Waals surface area contributed by atoms with Crippen molar-refractivity contribution < 1.29 is 24.6 Å². The average Bonchev–Trinajstić information content (AvgIpc) is 2.94. The number of carbonyl (C=O) groups excluding carboxylic acids is 3. The van der Waals surface area contributed by atoms with Crippen molar-refractivity contribution in [2.24, 2.45) is 0 Å². The van der Waals surface area contributed by atoms with Gasteiger partial charge in [-0.2, -0.15) is 0 Å². The first kappa shape index (κ1) is 27.8. The molecular formula is C30H27N3O5. The van der Waals surface area contributed by atoms with E-state index in [1.165, 1.54) is 6.92 Å². The Morgan fingerprint density at radius 2 is 1.47 bits per heavy atom. The number of hydrogen-bond donors (Lipinski definition) is 4. The Balaban J connectivity index is 1.51. The van der Waals surface area contributed by atoms with E-state index in [2.05, 4.69) is 39.3 Å². The molecule has 0 aliphatic rings. The number of nitrogens with one attached hydrogen (secondary N) is 2. The van der Waals surface area contributed by atoms with Gasteiger partial charge in [0, 0.05) is 41.2 Å². The summed E-state index contributed by atoms with van der Waals surface area (Å²) in [6.07, 6.45) is 3.28. The summed E-state index contributed by atoms with van der Waals surface area (Å²) < 4.78 is 0. The van der Waals surface area contributed by atoms with Gasteiger partial charge in [0.2, 0.25) is 5.91 Å². The smallest absolute Gasteiger partial charge is 0.251 e. The topological polar surface area (TPSA) is 129 Å². The van der Waals surface area contributed by atoms with E-state index in [-0.39, 0.29) is 11.5 Å². The van der Waals surface area contributed by atoms with Gasteiger partial charge in [-0.15, -0.1) is 0 Å². The van der Waals surface area contributed by atoms with Crippen LogP contribution in [0, 0.1) is 23.7 Å². The summed E-state index contributed by atoms with van der Waals surface area (Å²) in [6.45, 7) is 0.580. The van der Waals surface area contributed by atoms with Crippen LogP contribution in [-0.4, -0.2) is 51.5 Å². The molecule has 0 aliphatic carbocycles. The third-order valence-corrected chi connectivity index (χ3v) is 5.45. The Bertz CT molecular complexity index is 1380. The van der Waals surface area contributed by atoms with Gasteiger partial charge in [0.15, 0.2) is 5.78 Å². The Labute approximate surface area is 221 Å². The van der Waals surface area contributed by atoms with Gasteiger partial charge in [0.1, 0.15) is 12.6 Å². The van der Waals surface area contributed by atoms with Gasteiger partial charge >= 0.3 is 0 Å². The summed E-state index contributed by atoms with van der Waals surface area (Å²) in [4.78, 5) is 40.1. The number of rotatable bonds is 9. The number of Topliss-reactive ketones (excluding diaryl/α,β-unsaturated/α-hetero) is 1. The average molecular weight is 510 g/mol. The Hall–Kier alpha value is -4.76. The SMILES string of the molecule is C[C@@H](O)[C@H](NC(=O)c1ccc(C#CC#Cc2ccc(NC(=O)CCc3ccncc3)cc2)cc1)C(=O)CO. The largest absolute Gasteiger partial charge is 0.391 e. The van der Waals surface area contributed by atoms with Gasteiger partial charge in [-0.3, -0.25) is 19.4 Å². The lowest BCUT2D eigenvalue weighted by molar-refractivity contribution is -0.126. The summed E-state index contributed by atoms with van der Waals surface area (Å²) in [5.74, 6) is 10.1. The fourth-order valence-corrected chi connectivity index (χ4v) is 3.37. The molecule has 0 spiro atoms. The van der Waals surface area contributed by atoms with Crippen LogP contribution >= 0.6 is 0 Å². The van der Waals surface area contributed by atoms with Gasteiger partial charge in [-0.1, -0.05) is 11.8 Å². The van der Waals surface area contributed by atoms with Crippen LogP contribution in [0.3, 0.4) is 0 Å². The summed E-state index contributed by atoms with van der Waals surface area (Å²) in [7, 11) is 0. The van der Waals surface area contributed by atoms with Crippen molar-refractivity contribution in [1.82, 2.24) is 10.3 Å². The van der Waals surface area contributed by atoms with E-state index in [0.29, 0.717) is 24.1 Å². The molecule has 8 heteroatoms. The Morgan fingerprint density at radius 1 is 0.895 bits per heavy atom. The standard InChI is InChI=1S/C30H27N3O5/c1-21(35)29(27(36)20-34)33-30(38)25-11-6-22(7-12-25)4-2-3-5-23-8-13-26(14-9-23)32-28(37)15-10-24-16-18-31-19-17-24/h6-9,11-14,16-19,21,29,34-35H,10,15,20H2,1H3,(H,32,37)(H,33,38)/t21-,29+/m1/s1. The summed E-state index contributed by atoms with van der Waals surface area (Å²) in [5.41, 5.74) is 3.40. The predicted molar refractivity (Wildman–Crippen MR) is 143 cm³/mol. The summed E-state index contributed by atoms with van der Waals surface area (Å²) >= 11 is 0. The van der Waals surface area contributed by atoms with Crippen LogP contribution in [0.1, 0.15) is 40.4 Å². The van der Waals surface area contributed by atoms with E-state index >= 15 is 0 Å². The third-order valence-electron chi connectivity index (χ3n) is 5.45. The van der Waals surface area contributed by atoms with Crippen molar-refractivity contribution in [3.63, 3.8) is 0 Å². The first-order chi connectivity index (χ1) is 18.4. The molecule has 0 saturated heterocycles. The normalized spacial score (nSPS) is 11.6. The van der Waals surface area contributed by atoms with Gasteiger partial charge in [0.05, 0.1) is 6.10 Å². The van der Waals surface area contributed by atoms with Gasteiger partial charge in [-0.25, -0.2) is 0 Å². The zero-order valence-corrected chi connectivity index (χ0v) is 20.8. The van der Waals surface area contributed by atoms with E-state index < -0.39 is 30.4 Å². The number of amides is 2. The van der Waals surface area contributed by atoms with Crippen molar-refractivity contribution in [1.29, 1.82) is 0 Å². The Morgan fingerprint density at radius 3 is 2.03 bits per heavy atom. The van der Waals surface area contributed by atoms with Gasteiger partial charge in [-0.05, 0) is 91.4 Å².